The van der Waals surface area contributed by atoms with E-state index in [1.54, 1.807) is 48.1 Å². The van der Waals surface area contributed by atoms with Crippen LogP contribution in [0.3, 0.4) is 0 Å². The van der Waals surface area contributed by atoms with E-state index >= 15 is 0 Å². The number of esters is 2. The Kier molecular flexibility index (Phi) is 5.74. The van der Waals surface area contributed by atoms with Crippen molar-refractivity contribution in [2.24, 2.45) is 0 Å². The van der Waals surface area contributed by atoms with E-state index in [1.165, 1.54) is 12.0 Å². The van der Waals surface area contributed by atoms with Gasteiger partial charge in [-0.1, -0.05) is 36.4 Å². The quantitative estimate of drug-likeness (QED) is 0.615. The zero-order valence-corrected chi connectivity index (χ0v) is 15.6. The number of rotatable bonds is 6. The summed E-state index contributed by atoms with van der Waals surface area (Å²) in [6.07, 6.45) is 1.55. The number of para-hydroxylation sites is 2. The van der Waals surface area contributed by atoms with E-state index in [0.29, 0.717) is 22.2 Å². The van der Waals surface area contributed by atoms with E-state index in [9.17, 15) is 14.4 Å². The van der Waals surface area contributed by atoms with Crippen molar-refractivity contribution in [2.45, 2.75) is 6.54 Å². The van der Waals surface area contributed by atoms with Crippen molar-refractivity contribution in [3.05, 3.63) is 66.4 Å². The van der Waals surface area contributed by atoms with E-state index < -0.39 is 11.9 Å². The first kappa shape index (κ1) is 19.2. The molecule has 7 heteroatoms. The molecule has 7 nitrogen and oxygen atoms in total. The maximum atomic E-state index is 12.2. The second kappa shape index (κ2) is 8.39. The van der Waals surface area contributed by atoms with Gasteiger partial charge >= 0.3 is 11.9 Å². The van der Waals surface area contributed by atoms with Crippen molar-refractivity contribution in [3.63, 3.8) is 0 Å². The van der Waals surface area contributed by atoms with Crippen molar-refractivity contribution < 1.29 is 23.9 Å². The molecule has 0 saturated heterocycles. The lowest BCUT2D eigenvalue weighted by Gasteiger charge is -2.17. The summed E-state index contributed by atoms with van der Waals surface area (Å²) in [7, 11) is 2.92. The maximum absolute atomic E-state index is 12.2. The summed E-state index contributed by atoms with van der Waals surface area (Å²) < 4.78 is 11.5. The van der Waals surface area contributed by atoms with Crippen LogP contribution in [0.15, 0.2) is 60.8 Å². The van der Waals surface area contributed by atoms with Gasteiger partial charge in [-0.3, -0.25) is 9.59 Å². The van der Waals surface area contributed by atoms with E-state index in [4.69, 9.17) is 9.47 Å². The van der Waals surface area contributed by atoms with Gasteiger partial charge in [-0.25, -0.2) is 4.79 Å². The van der Waals surface area contributed by atoms with Crippen molar-refractivity contribution in [1.82, 2.24) is 4.57 Å². The minimum absolute atomic E-state index is 0.125. The fourth-order valence-electron chi connectivity index (χ4n) is 2.87. The lowest BCUT2D eigenvalue weighted by molar-refractivity contribution is -0.148. The number of carbonyl (C=O) groups excluding carboxylic acids is 3. The SMILES string of the molecule is COC(=O)c1cn(CC(=O)OCC(=O)N(C)c2ccccc2)c2ccccc12. The number of benzene rings is 2. The number of nitrogens with zero attached hydrogens (tertiary/aromatic N) is 2. The number of anilines is 1. The standard InChI is InChI=1S/C21H20N2O5/c1-22(15-8-4-3-5-9-15)19(24)14-28-20(25)13-23-12-17(21(26)27-2)16-10-6-7-11-18(16)23/h3-12H,13-14H2,1-2H3. The molecule has 0 radical (unpaired) electrons. The van der Waals surface area contributed by atoms with Gasteiger partial charge in [0.1, 0.15) is 6.54 Å². The average molecular weight is 380 g/mol. The molecular formula is C21H20N2O5. The second-order valence-corrected chi connectivity index (χ2v) is 6.13. The fraction of sp³-hybridized carbons (Fsp3) is 0.190. The predicted octanol–water partition coefficient (Wildman–Crippen LogP) is 2.63. The van der Waals surface area contributed by atoms with E-state index in [0.717, 1.165) is 0 Å². The Labute approximate surface area is 162 Å². The Morgan fingerprint density at radius 3 is 2.39 bits per heavy atom. The van der Waals surface area contributed by atoms with Gasteiger partial charge in [0.25, 0.3) is 5.91 Å². The zero-order chi connectivity index (χ0) is 20.1. The van der Waals surface area contributed by atoms with E-state index in [-0.39, 0.29) is 19.1 Å². The lowest BCUT2D eigenvalue weighted by atomic mass is 10.2. The van der Waals surface area contributed by atoms with Crippen LogP contribution >= 0.6 is 0 Å². The molecule has 2 aromatic carbocycles. The largest absolute Gasteiger partial charge is 0.465 e. The Bertz CT molecular complexity index is 1010. The number of aromatic nitrogens is 1. The van der Waals surface area contributed by atoms with Crippen molar-refractivity contribution in [3.8, 4) is 0 Å². The Morgan fingerprint density at radius 1 is 1.00 bits per heavy atom. The van der Waals surface area contributed by atoms with Gasteiger partial charge in [-0.15, -0.1) is 0 Å². The highest BCUT2D eigenvalue weighted by molar-refractivity contribution is 6.04. The van der Waals surface area contributed by atoms with Gasteiger partial charge < -0.3 is 18.9 Å². The van der Waals surface area contributed by atoms with Gasteiger partial charge in [0.2, 0.25) is 0 Å². The van der Waals surface area contributed by atoms with Crippen LogP contribution in [-0.2, 0) is 25.6 Å². The molecule has 0 fully saturated rings. The van der Waals surface area contributed by atoms with Gasteiger partial charge in [-0.2, -0.15) is 0 Å². The molecule has 28 heavy (non-hydrogen) atoms. The molecule has 144 valence electrons. The number of amides is 1. The van der Waals surface area contributed by atoms with E-state index in [1.807, 2.05) is 24.3 Å². The highest BCUT2D eigenvalue weighted by Gasteiger charge is 2.18. The molecule has 0 aliphatic heterocycles. The number of carbonyl (C=O) groups is 3. The molecule has 1 aromatic heterocycles. The molecule has 0 unspecified atom stereocenters. The first-order chi connectivity index (χ1) is 13.5. The van der Waals surface area contributed by atoms with Crippen LogP contribution in [0.4, 0.5) is 5.69 Å². The van der Waals surface area contributed by atoms with Crippen LogP contribution in [0.2, 0.25) is 0 Å². The van der Waals surface area contributed by atoms with Gasteiger partial charge in [0, 0.05) is 29.8 Å². The summed E-state index contributed by atoms with van der Waals surface area (Å²) in [5, 5.41) is 0.682. The summed E-state index contributed by atoms with van der Waals surface area (Å²) in [4.78, 5) is 37.8. The number of hydrogen-bond acceptors (Lipinski definition) is 5. The van der Waals surface area contributed by atoms with Crippen LogP contribution in [0, 0.1) is 0 Å². The molecule has 1 amide bonds. The molecule has 0 spiro atoms. The maximum Gasteiger partial charge on any atom is 0.340 e. The zero-order valence-electron chi connectivity index (χ0n) is 15.6. The summed E-state index contributed by atoms with van der Waals surface area (Å²) >= 11 is 0. The predicted molar refractivity (Wildman–Crippen MR) is 104 cm³/mol. The minimum Gasteiger partial charge on any atom is -0.465 e. The van der Waals surface area contributed by atoms with Crippen LogP contribution in [-0.4, -0.2) is 43.2 Å². The first-order valence-electron chi connectivity index (χ1n) is 8.64. The molecule has 0 saturated carbocycles. The third-order valence-electron chi connectivity index (χ3n) is 4.37. The summed E-state index contributed by atoms with van der Waals surface area (Å²) in [5.74, 6) is -1.40. The first-order valence-corrected chi connectivity index (χ1v) is 8.64. The van der Waals surface area contributed by atoms with Crippen molar-refractivity contribution in [1.29, 1.82) is 0 Å². The molecule has 0 N–H and O–H groups in total. The van der Waals surface area contributed by atoms with Crippen LogP contribution in [0.5, 0.6) is 0 Å². The molecule has 3 rings (SSSR count). The average Bonchev–Trinajstić information content (AvgIpc) is 3.10. The highest BCUT2D eigenvalue weighted by Crippen LogP contribution is 2.22. The number of likely N-dealkylation sites (N-methyl/N-ethyl adjacent to an activating group) is 1. The topological polar surface area (TPSA) is 77.8 Å². The van der Waals surface area contributed by atoms with Crippen molar-refractivity contribution in [2.75, 3.05) is 25.7 Å². The minimum atomic E-state index is -0.577. The summed E-state index contributed by atoms with van der Waals surface area (Å²) in [6, 6.07) is 16.3. The Balaban J connectivity index is 1.67. The number of fused-ring (bicyclic) bond motifs is 1. The Hall–Kier alpha value is -3.61. The van der Waals surface area contributed by atoms with Gasteiger partial charge in [0.05, 0.1) is 12.7 Å². The van der Waals surface area contributed by atoms with Crippen LogP contribution < -0.4 is 4.90 Å². The molecule has 3 aromatic rings. The third kappa shape index (κ3) is 4.03. The summed E-state index contributed by atoms with van der Waals surface area (Å²) in [5.41, 5.74) is 1.78. The number of methoxy groups -OCH3 is 1. The van der Waals surface area contributed by atoms with Crippen LogP contribution in [0.25, 0.3) is 10.9 Å². The highest BCUT2D eigenvalue weighted by atomic mass is 16.5. The third-order valence-corrected chi connectivity index (χ3v) is 4.37. The van der Waals surface area contributed by atoms with Crippen LogP contribution in [0.1, 0.15) is 10.4 Å². The van der Waals surface area contributed by atoms with Gasteiger partial charge in [0.15, 0.2) is 6.61 Å². The molecule has 0 aliphatic carbocycles. The number of hydrogen-bond donors (Lipinski definition) is 0. The second-order valence-electron chi connectivity index (χ2n) is 6.13. The summed E-state index contributed by atoms with van der Waals surface area (Å²) in [6.45, 7) is -0.493. The fourth-order valence-corrected chi connectivity index (χ4v) is 2.87. The smallest absolute Gasteiger partial charge is 0.340 e. The molecular weight excluding hydrogens is 360 g/mol. The van der Waals surface area contributed by atoms with Gasteiger partial charge in [-0.05, 0) is 18.2 Å². The normalized spacial score (nSPS) is 10.5. The monoisotopic (exact) mass is 380 g/mol. The molecule has 0 aliphatic rings. The molecule has 1 heterocycles. The van der Waals surface area contributed by atoms with E-state index in [2.05, 4.69) is 0 Å². The van der Waals surface area contributed by atoms with Crippen molar-refractivity contribution >= 4 is 34.4 Å². The molecule has 0 atom stereocenters. The Morgan fingerprint density at radius 2 is 1.68 bits per heavy atom. The molecule has 0 bridgehead atoms. The lowest BCUT2D eigenvalue weighted by Crippen LogP contribution is -2.31. The number of ether oxygens (including phenoxy) is 2.